The maximum absolute atomic E-state index is 12.1. The zero-order valence-electron chi connectivity index (χ0n) is 14.5. The Morgan fingerprint density at radius 1 is 1.17 bits per heavy atom. The summed E-state index contributed by atoms with van der Waals surface area (Å²) in [5.74, 6) is -1.50. The van der Waals surface area contributed by atoms with Crippen molar-refractivity contribution in [1.29, 1.82) is 0 Å². The van der Waals surface area contributed by atoms with Gasteiger partial charge >= 0.3 is 5.97 Å². The summed E-state index contributed by atoms with van der Waals surface area (Å²) in [6.07, 6.45) is 0.893. The lowest BCUT2D eigenvalue weighted by atomic mass is 10.1. The summed E-state index contributed by atoms with van der Waals surface area (Å²) in [5, 5.41) is 11.4. The van der Waals surface area contributed by atoms with Crippen molar-refractivity contribution in [3.63, 3.8) is 0 Å². The molecular weight excluding hydrogens is 308 g/mol. The van der Waals surface area contributed by atoms with E-state index in [-0.39, 0.29) is 30.8 Å². The van der Waals surface area contributed by atoms with Crippen molar-refractivity contribution >= 4 is 17.8 Å². The van der Waals surface area contributed by atoms with Crippen LogP contribution < -0.4 is 5.32 Å². The lowest BCUT2D eigenvalue weighted by molar-refractivity contribution is -0.144. The number of hydrogen-bond donors (Lipinski definition) is 2. The van der Waals surface area contributed by atoms with Crippen LogP contribution in [0.5, 0.6) is 0 Å². The minimum atomic E-state index is -1.06. The first-order valence-corrected chi connectivity index (χ1v) is 8.09. The molecule has 0 aliphatic carbocycles. The molecule has 0 aromatic heterocycles. The molecule has 0 heterocycles. The Morgan fingerprint density at radius 3 is 2.33 bits per heavy atom. The van der Waals surface area contributed by atoms with E-state index in [4.69, 9.17) is 5.11 Å². The zero-order chi connectivity index (χ0) is 18.1. The number of carboxylic acid groups (broad SMARTS) is 1. The van der Waals surface area contributed by atoms with Crippen LogP contribution in [0.15, 0.2) is 24.3 Å². The largest absolute Gasteiger partial charge is 0.480 e. The van der Waals surface area contributed by atoms with Gasteiger partial charge in [0.15, 0.2) is 0 Å². The van der Waals surface area contributed by atoms with E-state index in [1.54, 1.807) is 0 Å². The van der Waals surface area contributed by atoms with Gasteiger partial charge in [-0.1, -0.05) is 43.7 Å². The van der Waals surface area contributed by atoms with E-state index in [9.17, 15) is 14.4 Å². The van der Waals surface area contributed by atoms with Crippen molar-refractivity contribution in [2.45, 2.75) is 33.6 Å². The summed E-state index contributed by atoms with van der Waals surface area (Å²) in [4.78, 5) is 36.0. The SMILES string of the molecule is Cc1ccc(CCC(=O)NCC(=O)N(CC(=O)O)CC(C)C)cc1. The summed E-state index contributed by atoms with van der Waals surface area (Å²) < 4.78 is 0. The monoisotopic (exact) mass is 334 g/mol. The smallest absolute Gasteiger partial charge is 0.323 e. The molecule has 0 fully saturated rings. The van der Waals surface area contributed by atoms with Crippen LogP contribution in [-0.2, 0) is 20.8 Å². The first-order chi connectivity index (χ1) is 11.3. The van der Waals surface area contributed by atoms with Crippen LogP contribution in [0.2, 0.25) is 0 Å². The number of hydrogen-bond acceptors (Lipinski definition) is 3. The van der Waals surface area contributed by atoms with Crippen molar-refractivity contribution in [1.82, 2.24) is 10.2 Å². The summed E-state index contributed by atoms with van der Waals surface area (Å²) in [6.45, 7) is 5.64. The molecule has 1 rings (SSSR count). The lowest BCUT2D eigenvalue weighted by Gasteiger charge is -2.22. The number of amides is 2. The second-order valence-electron chi connectivity index (χ2n) is 6.32. The molecule has 132 valence electrons. The Kier molecular flexibility index (Phi) is 7.95. The third-order valence-corrected chi connectivity index (χ3v) is 3.46. The van der Waals surface area contributed by atoms with Crippen LogP contribution in [0.25, 0.3) is 0 Å². The molecule has 2 amide bonds. The van der Waals surface area contributed by atoms with Crippen molar-refractivity contribution in [3.8, 4) is 0 Å². The second-order valence-corrected chi connectivity index (χ2v) is 6.32. The quantitative estimate of drug-likeness (QED) is 0.718. The Labute approximate surface area is 142 Å². The summed E-state index contributed by atoms with van der Waals surface area (Å²) >= 11 is 0. The maximum atomic E-state index is 12.1. The molecule has 0 bridgehead atoms. The van der Waals surface area contributed by atoms with E-state index in [1.165, 1.54) is 4.90 Å². The van der Waals surface area contributed by atoms with Gasteiger partial charge in [0.05, 0.1) is 6.54 Å². The van der Waals surface area contributed by atoms with Crippen molar-refractivity contribution < 1.29 is 19.5 Å². The molecule has 0 aliphatic heterocycles. The van der Waals surface area contributed by atoms with Crippen molar-refractivity contribution in [2.24, 2.45) is 5.92 Å². The molecule has 0 aliphatic rings. The van der Waals surface area contributed by atoms with Gasteiger partial charge in [-0.2, -0.15) is 0 Å². The fourth-order valence-electron chi connectivity index (χ4n) is 2.25. The number of nitrogens with one attached hydrogen (secondary N) is 1. The van der Waals surface area contributed by atoms with E-state index in [1.807, 2.05) is 45.0 Å². The molecule has 0 unspecified atom stereocenters. The molecule has 0 saturated heterocycles. The van der Waals surface area contributed by atoms with E-state index in [0.717, 1.165) is 11.1 Å². The van der Waals surface area contributed by atoms with Gasteiger partial charge in [0.2, 0.25) is 11.8 Å². The molecule has 24 heavy (non-hydrogen) atoms. The third-order valence-electron chi connectivity index (χ3n) is 3.46. The predicted molar refractivity (Wildman–Crippen MR) is 91.6 cm³/mol. The molecule has 0 spiro atoms. The van der Waals surface area contributed by atoms with Crippen LogP contribution in [0.3, 0.4) is 0 Å². The van der Waals surface area contributed by atoms with Crippen LogP contribution in [-0.4, -0.2) is 47.4 Å². The molecule has 0 radical (unpaired) electrons. The van der Waals surface area contributed by atoms with Gasteiger partial charge in [-0.15, -0.1) is 0 Å². The molecule has 1 aromatic rings. The van der Waals surface area contributed by atoms with Gasteiger partial charge in [0.1, 0.15) is 6.54 Å². The number of carbonyl (C=O) groups excluding carboxylic acids is 2. The number of aryl methyl sites for hydroxylation is 2. The fourth-order valence-corrected chi connectivity index (χ4v) is 2.25. The molecule has 1 aromatic carbocycles. The zero-order valence-corrected chi connectivity index (χ0v) is 14.5. The first-order valence-electron chi connectivity index (χ1n) is 8.09. The van der Waals surface area contributed by atoms with Gasteiger partial charge in [-0.25, -0.2) is 0 Å². The number of benzene rings is 1. The maximum Gasteiger partial charge on any atom is 0.323 e. The molecule has 6 heteroatoms. The highest BCUT2D eigenvalue weighted by molar-refractivity contribution is 5.86. The predicted octanol–water partition coefficient (Wildman–Crippen LogP) is 1.61. The fraction of sp³-hybridized carbons (Fsp3) is 0.500. The average molecular weight is 334 g/mol. The lowest BCUT2D eigenvalue weighted by Crippen LogP contribution is -2.44. The Bertz CT molecular complexity index is 567. The van der Waals surface area contributed by atoms with Crippen LogP contribution in [0.4, 0.5) is 0 Å². The van der Waals surface area contributed by atoms with E-state index in [0.29, 0.717) is 19.4 Å². The van der Waals surface area contributed by atoms with Crippen LogP contribution >= 0.6 is 0 Å². The van der Waals surface area contributed by atoms with Crippen molar-refractivity contribution in [2.75, 3.05) is 19.6 Å². The van der Waals surface area contributed by atoms with Crippen LogP contribution in [0, 0.1) is 12.8 Å². The Hall–Kier alpha value is -2.37. The Morgan fingerprint density at radius 2 is 1.79 bits per heavy atom. The highest BCUT2D eigenvalue weighted by Gasteiger charge is 2.18. The highest BCUT2D eigenvalue weighted by Crippen LogP contribution is 2.05. The molecule has 0 saturated carbocycles. The number of nitrogens with zero attached hydrogens (tertiary/aromatic N) is 1. The normalized spacial score (nSPS) is 10.5. The van der Waals surface area contributed by atoms with E-state index < -0.39 is 5.97 Å². The minimum Gasteiger partial charge on any atom is -0.480 e. The summed E-state index contributed by atoms with van der Waals surface area (Å²) in [7, 11) is 0. The van der Waals surface area contributed by atoms with Crippen LogP contribution in [0.1, 0.15) is 31.4 Å². The number of aliphatic carboxylic acids is 1. The number of rotatable bonds is 9. The number of carboxylic acids is 1. The highest BCUT2D eigenvalue weighted by atomic mass is 16.4. The van der Waals surface area contributed by atoms with Gasteiger partial charge in [0, 0.05) is 13.0 Å². The summed E-state index contributed by atoms with van der Waals surface area (Å²) in [5.41, 5.74) is 2.23. The number of carbonyl (C=O) groups is 3. The topological polar surface area (TPSA) is 86.7 Å². The third kappa shape index (κ3) is 7.76. The second kappa shape index (κ2) is 9.70. The molecule has 0 atom stereocenters. The van der Waals surface area contributed by atoms with Gasteiger partial charge in [0.25, 0.3) is 0 Å². The van der Waals surface area contributed by atoms with E-state index >= 15 is 0 Å². The van der Waals surface area contributed by atoms with Gasteiger partial charge in [-0.05, 0) is 24.8 Å². The van der Waals surface area contributed by atoms with Crippen molar-refractivity contribution in [3.05, 3.63) is 35.4 Å². The molecule has 2 N–H and O–H groups in total. The Balaban J connectivity index is 2.41. The molecular formula is C18H26N2O4. The van der Waals surface area contributed by atoms with Gasteiger partial charge in [-0.3, -0.25) is 14.4 Å². The average Bonchev–Trinajstić information content (AvgIpc) is 2.50. The standard InChI is InChI=1S/C18H26N2O4/c1-13(2)11-20(12-18(23)24)17(22)10-19-16(21)9-8-15-6-4-14(3)5-7-15/h4-7,13H,8-12H2,1-3H3,(H,19,21)(H,23,24). The van der Waals surface area contributed by atoms with Gasteiger partial charge < -0.3 is 15.3 Å². The first kappa shape index (κ1) is 19.7. The molecule has 6 nitrogen and oxygen atoms in total. The minimum absolute atomic E-state index is 0.158. The summed E-state index contributed by atoms with van der Waals surface area (Å²) in [6, 6.07) is 7.94. The van der Waals surface area contributed by atoms with E-state index in [2.05, 4.69) is 5.32 Å².